The Bertz CT molecular complexity index is 789. The third-order valence-corrected chi connectivity index (χ3v) is 5.05. The van der Waals surface area contributed by atoms with E-state index in [1.807, 2.05) is 5.38 Å². The van der Waals surface area contributed by atoms with Crippen LogP contribution in [0, 0.1) is 0 Å². The number of carbonyl (C=O) groups excluding carboxylic acids is 2. The Hall–Kier alpha value is -2.89. The number of nitrogens with one attached hydrogen (secondary N) is 1. The smallest absolute Gasteiger partial charge is 0.404 e. The maximum atomic E-state index is 10.9. The normalized spacial score (nSPS) is 11.1. The minimum absolute atomic E-state index is 0.190. The SMILES string of the molecule is CCCCCCCOC(N)=O.NC(=O)c1ccc(OCCNCC(O)COc2nccs2)cc1. The van der Waals surface area contributed by atoms with Crippen LogP contribution in [0.2, 0.25) is 0 Å². The highest BCUT2D eigenvalue weighted by atomic mass is 32.1. The molecule has 0 saturated heterocycles. The molecule has 0 bridgehead atoms. The van der Waals surface area contributed by atoms with Crippen molar-refractivity contribution in [1.82, 2.24) is 10.3 Å². The summed E-state index contributed by atoms with van der Waals surface area (Å²) >= 11 is 1.38. The van der Waals surface area contributed by atoms with E-state index in [0.717, 1.165) is 12.8 Å². The zero-order valence-electron chi connectivity index (χ0n) is 19.6. The molecule has 11 heteroatoms. The molecular formula is C23H36N4O6S. The van der Waals surface area contributed by atoms with Crippen LogP contribution in [0.1, 0.15) is 49.4 Å². The Kier molecular flexibility index (Phi) is 15.9. The molecular weight excluding hydrogens is 460 g/mol. The molecule has 0 aliphatic rings. The number of primary amides is 2. The lowest BCUT2D eigenvalue weighted by atomic mass is 10.2. The maximum Gasteiger partial charge on any atom is 0.404 e. The van der Waals surface area contributed by atoms with Gasteiger partial charge < -0.3 is 36.1 Å². The number of thiazole rings is 1. The summed E-state index contributed by atoms with van der Waals surface area (Å²) in [5, 5.41) is 15.2. The number of ether oxygens (including phenoxy) is 3. The summed E-state index contributed by atoms with van der Waals surface area (Å²) in [5.41, 5.74) is 10.4. The zero-order chi connectivity index (χ0) is 25.0. The summed E-state index contributed by atoms with van der Waals surface area (Å²) in [6.07, 6.45) is 6.14. The van der Waals surface area contributed by atoms with Gasteiger partial charge in [0.2, 0.25) is 5.91 Å². The van der Waals surface area contributed by atoms with Crippen LogP contribution in [0.5, 0.6) is 10.9 Å². The summed E-state index contributed by atoms with van der Waals surface area (Å²) in [4.78, 5) is 25.0. The molecule has 2 rings (SSSR count). The van der Waals surface area contributed by atoms with E-state index in [1.165, 1.54) is 30.6 Å². The number of aromatic nitrogens is 1. The molecule has 1 heterocycles. The number of nitrogens with zero attached hydrogens (tertiary/aromatic N) is 1. The third kappa shape index (κ3) is 15.0. The van der Waals surface area contributed by atoms with Gasteiger partial charge >= 0.3 is 6.09 Å². The van der Waals surface area contributed by atoms with Crippen LogP contribution in [0.25, 0.3) is 0 Å². The second-order valence-corrected chi connectivity index (χ2v) is 8.14. The lowest BCUT2D eigenvalue weighted by Gasteiger charge is -2.12. The van der Waals surface area contributed by atoms with Crippen molar-refractivity contribution < 1.29 is 28.9 Å². The summed E-state index contributed by atoms with van der Waals surface area (Å²) in [7, 11) is 0. The van der Waals surface area contributed by atoms with Gasteiger partial charge in [0, 0.05) is 30.2 Å². The van der Waals surface area contributed by atoms with Crippen LogP contribution in [0.4, 0.5) is 4.79 Å². The van der Waals surface area contributed by atoms with E-state index in [2.05, 4.69) is 22.0 Å². The average Bonchev–Trinajstić information content (AvgIpc) is 3.34. The molecule has 2 aromatic rings. The van der Waals surface area contributed by atoms with Crippen molar-refractivity contribution in [3.63, 3.8) is 0 Å². The lowest BCUT2D eigenvalue weighted by molar-refractivity contribution is 0.1000. The minimum Gasteiger partial charge on any atom is -0.492 e. The Balaban J connectivity index is 0.000000445. The van der Waals surface area contributed by atoms with Crippen LogP contribution < -0.4 is 26.3 Å². The molecule has 1 aromatic heterocycles. The van der Waals surface area contributed by atoms with Gasteiger partial charge in [-0.2, -0.15) is 0 Å². The van der Waals surface area contributed by atoms with Gasteiger partial charge in [0.1, 0.15) is 25.1 Å². The first kappa shape index (κ1) is 29.1. The average molecular weight is 497 g/mol. The maximum absolute atomic E-state index is 10.9. The third-order valence-electron chi connectivity index (χ3n) is 4.37. The molecule has 0 aliphatic heterocycles. The number of aliphatic hydroxyl groups excluding tert-OH is 1. The number of amides is 2. The molecule has 0 aliphatic carbocycles. The number of benzene rings is 1. The molecule has 1 unspecified atom stereocenters. The molecule has 0 spiro atoms. The largest absolute Gasteiger partial charge is 0.492 e. The molecule has 2 amide bonds. The highest BCUT2D eigenvalue weighted by molar-refractivity contribution is 7.11. The first-order valence-corrected chi connectivity index (χ1v) is 12.2. The topological polar surface area (TPSA) is 159 Å². The molecule has 0 saturated carbocycles. The van der Waals surface area contributed by atoms with Crippen molar-refractivity contribution in [3.8, 4) is 10.9 Å². The second kappa shape index (κ2) is 18.5. The van der Waals surface area contributed by atoms with Gasteiger partial charge in [-0.25, -0.2) is 9.78 Å². The van der Waals surface area contributed by atoms with Crippen molar-refractivity contribution in [2.24, 2.45) is 11.5 Å². The van der Waals surface area contributed by atoms with Gasteiger partial charge in [0.15, 0.2) is 0 Å². The van der Waals surface area contributed by atoms with E-state index in [-0.39, 0.29) is 6.61 Å². The Morgan fingerprint density at radius 1 is 1.09 bits per heavy atom. The van der Waals surface area contributed by atoms with Crippen LogP contribution in [-0.2, 0) is 4.74 Å². The number of rotatable bonds is 16. The first-order chi connectivity index (χ1) is 16.4. The first-order valence-electron chi connectivity index (χ1n) is 11.3. The Morgan fingerprint density at radius 3 is 2.44 bits per heavy atom. The Morgan fingerprint density at radius 2 is 1.82 bits per heavy atom. The van der Waals surface area contributed by atoms with Crippen molar-refractivity contribution in [2.45, 2.75) is 45.1 Å². The molecule has 0 radical (unpaired) electrons. The van der Waals surface area contributed by atoms with Gasteiger partial charge in [-0.15, -0.1) is 0 Å². The number of hydrogen-bond acceptors (Lipinski definition) is 9. The summed E-state index contributed by atoms with van der Waals surface area (Å²) in [6, 6.07) is 6.61. The lowest BCUT2D eigenvalue weighted by Crippen LogP contribution is -2.33. The van der Waals surface area contributed by atoms with Gasteiger partial charge in [-0.05, 0) is 30.7 Å². The van der Waals surface area contributed by atoms with E-state index < -0.39 is 18.1 Å². The van der Waals surface area contributed by atoms with Crippen LogP contribution in [0.15, 0.2) is 35.8 Å². The van der Waals surface area contributed by atoms with Crippen molar-refractivity contribution >= 4 is 23.3 Å². The number of aliphatic hydroxyl groups is 1. The van der Waals surface area contributed by atoms with Gasteiger partial charge in [-0.3, -0.25) is 4.79 Å². The molecule has 190 valence electrons. The second-order valence-electron chi connectivity index (χ2n) is 7.29. The molecule has 0 fully saturated rings. The van der Waals surface area contributed by atoms with Gasteiger partial charge in [0.05, 0.1) is 6.61 Å². The van der Waals surface area contributed by atoms with Gasteiger partial charge in [0.25, 0.3) is 5.19 Å². The highest BCUT2D eigenvalue weighted by Crippen LogP contribution is 2.13. The van der Waals surface area contributed by atoms with Crippen LogP contribution >= 0.6 is 11.3 Å². The fourth-order valence-corrected chi connectivity index (χ4v) is 3.11. The van der Waals surface area contributed by atoms with E-state index in [9.17, 15) is 14.7 Å². The van der Waals surface area contributed by atoms with Gasteiger partial charge in [-0.1, -0.05) is 43.9 Å². The zero-order valence-corrected chi connectivity index (χ0v) is 20.4. The van der Waals surface area contributed by atoms with E-state index >= 15 is 0 Å². The van der Waals surface area contributed by atoms with Crippen molar-refractivity contribution in [3.05, 3.63) is 41.4 Å². The van der Waals surface area contributed by atoms with Crippen molar-refractivity contribution in [1.29, 1.82) is 0 Å². The predicted octanol–water partition coefficient (Wildman–Crippen LogP) is 2.70. The number of nitrogens with two attached hydrogens (primary N) is 2. The Labute approximate surface area is 204 Å². The van der Waals surface area contributed by atoms with E-state index in [0.29, 0.717) is 42.8 Å². The van der Waals surface area contributed by atoms with Crippen LogP contribution in [0.3, 0.4) is 0 Å². The number of carbonyl (C=O) groups is 2. The summed E-state index contributed by atoms with van der Waals surface area (Å²) in [6.45, 7) is 4.24. The van der Waals surface area contributed by atoms with E-state index in [1.54, 1.807) is 30.5 Å². The molecule has 1 aromatic carbocycles. The van der Waals surface area contributed by atoms with E-state index in [4.69, 9.17) is 20.9 Å². The summed E-state index contributed by atoms with van der Waals surface area (Å²) in [5.74, 6) is 0.191. The minimum atomic E-state index is -0.666. The highest BCUT2D eigenvalue weighted by Gasteiger charge is 2.06. The van der Waals surface area contributed by atoms with Crippen molar-refractivity contribution in [2.75, 3.05) is 32.9 Å². The van der Waals surface area contributed by atoms with Crippen LogP contribution in [-0.4, -0.2) is 61.1 Å². The monoisotopic (exact) mass is 496 g/mol. The standard InChI is InChI=1S/C15H19N3O4S.C8H17NO2/c16-14(20)11-1-3-13(4-2-11)21-7-5-17-9-12(19)10-22-15-18-6-8-23-15;1-2-3-4-5-6-7-11-8(9)10/h1-4,6,8,12,17,19H,5,7,9-10H2,(H2,16,20);2-7H2,1H3,(H2,9,10). The summed E-state index contributed by atoms with van der Waals surface area (Å²) < 4.78 is 15.4. The fraction of sp³-hybridized carbons (Fsp3) is 0.522. The number of unbranched alkanes of at least 4 members (excludes halogenated alkanes) is 4. The molecule has 1 atom stereocenters. The molecule has 10 nitrogen and oxygen atoms in total. The molecule has 34 heavy (non-hydrogen) atoms. The number of hydrogen-bond donors (Lipinski definition) is 4. The predicted molar refractivity (Wildman–Crippen MR) is 131 cm³/mol. The quantitative estimate of drug-likeness (QED) is 0.258. The molecule has 6 N–H and O–H groups in total. The fourth-order valence-electron chi connectivity index (χ4n) is 2.61.